The van der Waals surface area contributed by atoms with Gasteiger partial charge in [0.2, 0.25) is 5.91 Å². The molecule has 0 fully saturated rings. The summed E-state index contributed by atoms with van der Waals surface area (Å²) in [5.74, 6) is -0.359. The van der Waals surface area contributed by atoms with Gasteiger partial charge in [-0.05, 0) is 20.8 Å². The van der Waals surface area contributed by atoms with Crippen LogP contribution >= 0.6 is 0 Å². The van der Waals surface area contributed by atoms with Gasteiger partial charge in [-0.25, -0.2) is 0 Å². The number of carbonyl (C=O) groups excluding carboxylic acids is 1. The minimum Gasteiger partial charge on any atom is -0.374 e. The van der Waals surface area contributed by atoms with Gasteiger partial charge in [0.1, 0.15) is 6.23 Å². The molecule has 0 aliphatic rings. The first-order valence-corrected chi connectivity index (χ1v) is 3.12. The van der Waals surface area contributed by atoms with Crippen molar-refractivity contribution >= 4 is 5.91 Å². The van der Waals surface area contributed by atoms with Crippen molar-refractivity contribution in [1.29, 1.82) is 0 Å². The maximum absolute atomic E-state index is 10.9. The van der Waals surface area contributed by atoms with Crippen molar-refractivity contribution in [3.63, 3.8) is 0 Å². The number of aliphatic hydroxyl groups excluding tert-OH is 1. The fraction of sp³-hybridized carbons (Fsp3) is 0.833. The molecule has 0 aromatic rings. The van der Waals surface area contributed by atoms with Crippen LogP contribution < -0.4 is 11.1 Å². The van der Waals surface area contributed by atoms with E-state index in [1.54, 1.807) is 13.8 Å². The van der Waals surface area contributed by atoms with Crippen LogP contribution in [0.25, 0.3) is 0 Å². The van der Waals surface area contributed by atoms with Gasteiger partial charge in [-0.1, -0.05) is 0 Å². The van der Waals surface area contributed by atoms with E-state index >= 15 is 0 Å². The first kappa shape index (κ1) is 9.39. The van der Waals surface area contributed by atoms with Crippen molar-refractivity contribution in [1.82, 2.24) is 5.32 Å². The Morgan fingerprint density at radius 3 is 2.20 bits per heavy atom. The molecule has 1 atom stereocenters. The zero-order valence-corrected chi connectivity index (χ0v) is 6.51. The van der Waals surface area contributed by atoms with Gasteiger partial charge in [0.15, 0.2) is 0 Å². The summed E-state index contributed by atoms with van der Waals surface area (Å²) in [5.41, 5.74) is 4.48. The van der Waals surface area contributed by atoms with E-state index in [-0.39, 0.29) is 5.91 Å². The molecule has 0 rings (SSSR count). The van der Waals surface area contributed by atoms with Crippen LogP contribution in [-0.4, -0.2) is 22.8 Å². The van der Waals surface area contributed by atoms with Crippen molar-refractivity contribution in [2.75, 3.05) is 0 Å². The molecule has 0 radical (unpaired) electrons. The van der Waals surface area contributed by atoms with E-state index in [0.29, 0.717) is 0 Å². The summed E-state index contributed by atoms with van der Waals surface area (Å²) in [6.07, 6.45) is -0.838. The number of carbonyl (C=O) groups is 1. The Hall–Kier alpha value is -0.610. The molecule has 0 aliphatic heterocycles. The molecule has 1 amide bonds. The number of nitrogens with two attached hydrogens (primary N) is 1. The molecule has 4 nitrogen and oxygen atoms in total. The summed E-state index contributed by atoms with van der Waals surface area (Å²) in [7, 11) is 0. The number of hydrogen-bond acceptors (Lipinski definition) is 3. The van der Waals surface area contributed by atoms with E-state index in [1.165, 1.54) is 6.92 Å². The molecule has 4 heteroatoms. The average Bonchev–Trinajstić information content (AvgIpc) is 1.60. The molecular formula is C6H14N2O2. The average molecular weight is 146 g/mol. The Morgan fingerprint density at radius 1 is 1.70 bits per heavy atom. The first-order valence-electron chi connectivity index (χ1n) is 3.12. The highest BCUT2D eigenvalue weighted by Gasteiger charge is 2.22. The highest BCUT2D eigenvalue weighted by atomic mass is 16.3. The van der Waals surface area contributed by atoms with Crippen LogP contribution in [0.1, 0.15) is 20.8 Å². The summed E-state index contributed by atoms with van der Waals surface area (Å²) >= 11 is 0. The fourth-order valence-electron chi connectivity index (χ4n) is 0.376. The van der Waals surface area contributed by atoms with Gasteiger partial charge in [-0.15, -0.1) is 0 Å². The predicted molar refractivity (Wildman–Crippen MR) is 38.1 cm³/mol. The number of rotatable bonds is 2. The number of nitrogens with one attached hydrogen (secondary N) is 1. The Balaban J connectivity index is 3.87. The smallest absolute Gasteiger partial charge is 0.241 e. The van der Waals surface area contributed by atoms with E-state index in [1.807, 2.05) is 0 Å². The topological polar surface area (TPSA) is 75.3 Å². The molecule has 0 saturated carbocycles. The predicted octanol–water partition coefficient (Wildman–Crippen LogP) is -0.822. The lowest BCUT2D eigenvalue weighted by molar-refractivity contribution is -0.127. The molecular weight excluding hydrogens is 132 g/mol. The molecule has 0 spiro atoms. The van der Waals surface area contributed by atoms with Crippen LogP contribution in [0.15, 0.2) is 0 Å². The highest BCUT2D eigenvalue weighted by molar-refractivity contribution is 5.85. The largest absolute Gasteiger partial charge is 0.374 e. The Kier molecular flexibility index (Phi) is 2.80. The van der Waals surface area contributed by atoms with Gasteiger partial charge >= 0.3 is 0 Å². The fourth-order valence-corrected chi connectivity index (χ4v) is 0.376. The lowest BCUT2D eigenvalue weighted by atomic mass is 10.1. The second-order valence-electron chi connectivity index (χ2n) is 2.87. The molecule has 0 aromatic heterocycles. The summed E-state index contributed by atoms with van der Waals surface area (Å²) in [6.45, 7) is 4.61. The van der Waals surface area contributed by atoms with E-state index in [9.17, 15) is 4.79 Å². The quantitative estimate of drug-likeness (QED) is 0.445. The Bertz CT molecular complexity index is 126. The van der Waals surface area contributed by atoms with Crippen molar-refractivity contribution < 1.29 is 9.90 Å². The van der Waals surface area contributed by atoms with Gasteiger partial charge in [0.25, 0.3) is 0 Å². The van der Waals surface area contributed by atoms with Crippen LogP contribution in [0, 0.1) is 0 Å². The van der Waals surface area contributed by atoms with E-state index in [2.05, 4.69) is 5.32 Å². The zero-order valence-electron chi connectivity index (χ0n) is 6.51. The lowest BCUT2D eigenvalue weighted by Gasteiger charge is -2.18. The normalized spacial score (nSPS) is 14.5. The summed E-state index contributed by atoms with van der Waals surface area (Å²) in [4.78, 5) is 10.9. The molecule has 0 aliphatic carbocycles. The van der Waals surface area contributed by atoms with Crippen molar-refractivity contribution in [3.05, 3.63) is 0 Å². The molecule has 60 valence electrons. The van der Waals surface area contributed by atoms with Crippen LogP contribution in [0.4, 0.5) is 0 Å². The molecule has 0 heterocycles. The second kappa shape index (κ2) is 2.98. The maximum atomic E-state index is 10.9. The van der Waals surface area contributed by atoms with Crippen molar-refractivity contribution in [3.8, 4) is 0 Å². The maximum Gasteiger partial charge on any atom is 0.241 e. The van der Waals surface area contributed by atoms with Crippen LogP contribution in [0.3, 0.4) is 0 Å². The number of amides is 1. The van der Waals surface area contributed by atoms with Crippen LogP contribution in [0.2, 0.25) is 0 Å². The van der Waals surface area contributed by atoms with Gasteiger partial charge in [0, 0.05) is 0 Å². The molecule has 0 aromatic carbocycles. The summed E-state index contributed by atoms with van der Waals surface area (Å²) < 4.78 is 0. The Morgan fingerprint density at radius 2 is 2.10 bits per heavy atom. The standard InChI is InChI=1S/C6H14N2O2/c1-4(9)8-5(10)6(2,3)7/h4,9H,7H2,1-3H3,(H,8,10). The first-order chi connectivity index (χ1) is 4.34. The third-order valence-electron chi connectivity index (χ3n) is 0.925. The van der Waals surface area contributed by atoms with Gasteiger partial charge in [-0.2, -0.15) is 0 Å². The highest BCUT2D eigenvalue weighted by Crippen LogP contribution is 1.95. The van der Waals surface area contributed by atoms with Gasteiger partial charge in [-0.3, -0.25) is 4.79 Å². The monoisotopic (exact) mass is 146 g/mol. The molecule has 1 unspecified atom stereocenters. The van der Waals surface area contributed by atoms with Crippen LogP contribution in [-0.2, 0) is 4.79 Å². The molecule has 10 heavy (non-hydrogen) atoms. The summed E-state index contributed by atoms with van der Waals surface area (Å²) in [5, 5.41) is 11.0. The molecule has 0 saturated heterocycles. The van der Waals surface area contributed by atoms with Crippen molar-refractivity contribution in [2.45, 2.75) is 32.5 Å². The lowest BCUT2D eigenvalue weighted by Crippen LogP contribution is -2.51. The SMILES string of the molecule is CC(O)NC(=O)C(C)(C)N. The van der Waals surface area contributed by atoms with E-state index < -0.39 is 11.8 Å². The minimum atomic E-state index is -0.920. The van der Waals surface area contributed by atoms with Gasteiger partial charge in [0.05, 0.1) is 5.54 Å². The second-order valence-corrected chi connectivity index (χ2v) is 2.87. The Labute approximate surface area is 60.4 Å². The van der Waals surface area contributed by atoms with Crippen molar-refractivity contribution in [2.24, 2.45) is 5.73 Å². The third-order valence-corrected chi connectivity index (χ3v) is 0.925. The zero-order chi connectivity index (χ0) is 8.36. The third kappa shape index (κ3) is 3.42. The minimum absolute atomic E-state index is 0.359. The number of aliphatic hydroxyl groups is 1. The number of hydrogen-bond donors (Lipinski definition) is 3. The van der Waals surface area contributed by atoms with Crippen LogP contribution in [0.5, 0.6) is 0 Å². The summed E-state index contributed by atoms with van der Waals surface area (Å²) in [6, 6.07) is 0. The van der Waals surface area contributed by atoms with E-state index in [0.717, 1.165) is 0 Å². The molecule has 0 bridgehead atoms. The van der Waals surface area contributed by atoms with Gasteiger partial charge < -0.3 is 16.2 Å². The molecule has 4 N–H and O–H groups in total. The van der Waals surface area contributed by atoms with E-state index in [4.69, 9.17) is 10.8 Å².